The summed E-state index contributed by atoms with van der Waals surface area (Å²) in [5, 5.41) is 3.80. The van der Waals surface area contributed by atoms with Gasteiger partial charge in [0.2, 0.25) is 0 Å². The predicted molar refractivity (Wildman–Crippen MR) is 125 cm³/mol. The molecule has 8 heteroatoms. The van der Waals surface area contributed by atoms with E-state index >= 15 is 0 Å². The average molecular weight is 460 g/mol. The zero-order valence-corrected chi connectivity index (χ0v) is 18.8. The average Bonchev–Trinajstić information content (AvgIpc) is 3.46. The number of rotatable bonds is 6. The molecule has 0 saturated heterocycles. The van der Waals surface area contributed by atoms with Crippen molar-refractivity contribution in [1.29, 1.82) is 0 Å². The van der Waals surface area contributed by atoms with Crippen molar-refractivity contribution >= 4 is 22.8 Å². The molecule has 1 amide bonds. The van der Waals surface area contributed by atoms with E-state index in [9.17, 15) is 9.59 Å². The Morgan fingerprint density at radius 3 is 2.71 bits per heavy atom. The van der Waals surface area contributed by atoms with E-state index in [0.29, 0.717) is 41.8 Å². The van der Waals surface area contributed by atoms with Gasteiger partial charge in [0.25, 0.3) is 5.91 Å². The first-order valence-electron chi connectivity index (χ1n) is 11.0. The number of fused-ring (bicyclic) bond motifs is 2. The van der Waals surface area contributed by atoms with Gasteiger partial charge in [-0.2, -0.15) is 0 Å². The third kappa shape index (κ3) is 4.10. The van der Waals surface area contributed by atoms with Crippen LogP contribution in [-0.2, 0) is 16.0 Å². The molecule has 0 saturated carbocycles. The van der Waals surface area contributed by atoms with Gasteiger partial charge in [-0.1, -0.05) is 18.2 Å². The van der Waals surface area contributed by atoms with Crippen molar-refractivity contribution in [2.75, 3.05) is 20.3 Å². The number of aromatic amines is 1. The number of amides is 1. The number of carbonyl (C=O) groups is 2. The van der Waals surface area contributed by atoms with Crippen LogP contribution in [0.15, 0.2) is 59.1 Å². The van der Waals surface area contributed by atoms with E-state index in [4.69, 9.17) is 18.6 Å². The highest BCUT2D eigenvalue weighted by Gasteiger charge is 2.26. The van der Waals surface area contributed by atoms with Crippen molar-refractivity contribution in [3.63, 3.8) is 0 Å². The molecule has 0 unspecified atom stereocenters. The van der Waals surface area contributed by atoms with Crippen LogP contribution in [0.1, 0.15) is 21.7 Å². The molecule has 2 aromatic carbocycles. The van der Waals surface area contributed by atoms with E-state index in [0.717, 1.165) is 22.0 Å². The second-order valence-corrected chi connectivity index (χ2v) is 8.05. The number of carbonyl (C=O) groups excluding carboxylic acids is 2. The minimum Gasteiger partial charge on any atom is -0.486 e. The van der Waals surface area contributed by atoms with E-state index in [1.807, 2.05) is 48.7 Å². The lowest BCUT2D eigenvalue weighted by Gasteiger charge is -2.18. The first-order chi connectivity index (χ1) is 16.5. The first-order valence-corrected chi connectivity index (χ1v) is 11.0. The van der Waals surface area contributed by atoms with Crippen LogP contribution >= 0.6 is 0 Å². The monoisotopic (exact) mass is 460 g/mol. The van der Waals surface area contributed by atoms with Crippen LogP contribution in [0.3, 0.4) is 0 Å². The number of H-pyrrole nitrogens is 1. The topological polar surface area (TPSA) is 103 Å². The van der Waals surface area contributed by atoms with E-state index in [-0.39, 0.29) is 6.42 Å². The summed E-state index contributed by atoms with van der Waals surface area (Å²) in [6.45, 7) is 2.70. The highest BCUT2D eigenvalue weighted by atomic mass is 16.6. The summed E-state index contributed by atoms with van der Waals surface area (Å²) in [4.78, 5) is 28.8. The highest BCUT2D eigenvalue weighted by Crippen LogP contribution is 2.35. The molecular formula is C26H24N2O6. The zero-order valence-electron chi connectivity index (χ0n) is 18.8. The summed E-state index contributed by atoms with van der Waals surface area (Å²) in [6, 6.07) is 14.1. The number of aromatic nitrogens is 1. The number of ether oxygens (including phenoxy) is 3. The fraction of sp³-hybridized carbons (Fsp3) is 0.231. The molecule has 174 valence electrons. The number of hydrogen-bond donors (Lipinski definition) is 2. The van der Waals surface area contributed by atoms with Crippen LogP contribution in [0.25, 0.3) is 22.2 Å². The lowest BCUT2D eigenvalue weighted by Crippen LogP contribution is -2.43. The predicted octanol–water partition coefficient (Wildman–Crippen LogP) is 4.02. The Morgan fingerprint density at radius 2 is 1.88 bits per heavy atom. The normalized spacial score (nSPS) is 13.5. The molecule has 1 atom stereocenters. The minimum atomic E-state index is -0.858. The van der Waals surface area contributed by atoms with Gasteiger partial charge in [-0.25, -0.2) is 4.79 Å². The standard InChI is InChI=1S/C26H24N2O6/c1-15-19(13-23(34-15)16-7-8-22-24(12-16)33-10-9-32-22)25(29)28-21(26(30)31-2)11-17-14-27-20-6-4-3-5-18(17)20/h3-8,12-14,21,27H,9-11H2,1-2H3,(H,28,29)/t21-/m0/s1. The third-order valence-corrected chi connectivity index (χ3v) is 5.88. The Morgan fingerprint density at radius 1 is 1.09 bits per heavy atom. The molecule has 0 radical (unpaired) electrons. The second-order valence-electron chi connectivity index (χ2n) is 8.05. The summed E-state index contributed by atoms with van der Waals surface area (Å²) in [5.74, 6) is 1.33. The van der Waals surface area contributed by atoms with Gasteiger partial charge in [0.15, 0.2) is 11.5 Å². The Kier molecular flexibility index (Phi) is 5.71. The molecule has 2 aromatic heterocycles. The van der Waals surface area contributed by atoms with Gasteiger partial charge in [0.05, 0.1) is 12.7 Å². The Bertz CT molecular complexity index is 1370. The minimum absolute atomic E-state index is 0.286. The second kappa shape index (κ2) is 8.97. The summed E-state index contributed by atoms with van der Waals surface area (Å²) < 4.78 is 22.0. The molecule has 4 aromatic rings. The van der Waals surface area contributed by atoms with Crippen LogP contribution in [0, 0.1) is 6.92 Å². The quantitative estimate of drug-likeness (QED) is 0.421. The highest BCUT2D eigenvalue weighted by molar-refractivity contribution is 5.98. The number of hydrogen-bond acceptors (Lipinski definition) is 6. The van der Waals surface area contributed by atoms with Gasteiger partial charge in [-0.3, -0.25) is 4.79 Å². The molecule has 2 N–H and O–H groups in total. The molecule has 0 spiro atoms. The molecule has 5 rings (SSSR count). The molecule has 3 heterocycles. The number of aryl methyl sites for hydroxylation is 1. The van der Waals surface area contributed by atoms with Crippen LogP contribution < -0.4 is 14.8 Å². The first kappa shape index (κ1) is 21.6. The van der Waals surface area contributed by atoms with Crippen molar-refractivity contribution in [3.05, 3.63) is 71.6 Å². The smallest absolute Gasteiger partial charge is 0.328 e. The van der Waals surface area contributed by atoms with Crippen LogP contribution in [0.4, 0.5) is 0 Å². The molecule has 0 bridgehead atoms. The number of para-hydroxylation sites is 1. The van der Waals surface area contributed by atoms with E-state index in [2.05, 4.69) is 10.3 Å². The number of methoxy groups -OCH3 is 1. The Hall–Kier alpha value is -4.20. The van der Waals surface area contributed by atoms with Crippen LogP contribution in [0.5, 0.6) is 11.5 Å². The van der Waals surface area contributed by atoms with Crippen molar-refractivity contribution in [2.24, 2.45) is 0 Å². The fourth-order valence-corrected chi connectivity index (χ4v) is 4.14. The maximum absolute atomic E-state index is 13.1. The number of nitrogens with one attached hydrogen (secondary N) is 2. The maximum atomic E-state index is 13.1. The van der Waals surface area contributed by atoms with Gasteiger partial charge in [0, 0.05) is 29.1 Å². The fourth-order valence-electron chi connectivity index (χ4n) is 4.14. The molecule has 0 aliphatic carbocycles. The van der Waals surface area contributed by atoms with Crippen LogP contribution in [0.2, 0.25) is 0 Å². The maximum Gasteiger partial charge on any atom is 0.328 e. The number of esters is 1. The van der Waals surface area contributed by atoms with Gasteiger partial charge < -0.3 is 28.9 Å². The number of benzene rings is 2. The summed E-state index contributed by atoms with van der Waals surface area (Å²) in [5.41, 5.74) is 2.97. The summed E-state index contributed by atoms with van der Waals surface area (Å²) >= 11 is 0. The van der Waals surface area contributed by atoms with Crippen molar-refractivity contribution in [1.82, 2.24) is 10.3 Å². The van der Waals surface area contributed by atoms with Gasteiger partial charge >= 0.3 is 5.97 Å². The Labute approximate surface area is 195 Å². The third-order valence-electron chi connectivity index (χ3n) is 5.88. The largest absolute Gasteiger partial charge is 0.486 e. The van der Waals surface area contributed by atoms with E-state index in [1.165, 1.54) is 7.11 Å². The number of furan rings is 1. The van der Waals surface area contributed by atoms with Crippen molar-refractivity contribution in [2.45, 2.75) is 19.4 Å². The molecule has 1 aliphatic rings. The van der Waals surface area contributed by atoms with Gasteiger partial charge in [-0.15, -0.1) is 0 Å². The SMILES string of the molecule is COC(=O)[C@H](Cc1c[nH]c2ccccc12)NC(=O)c1cc(-c2ccc3c(c2)OCCO3)oc1C. The van der Waals surface area contributed by atoms with Gasteiger partial charge in [0.1, 0.15) is 30.8 Å². The van der Waals surface area contributed by atoms with Crippen molar-refractivity contribution < 1.29 is 28.2 Å². The lowest BCUT2D eigenvalue weighted by atomic mass is 10.0. The summed E-state index contributed by atoms with van der Waals surface area (Å²) in [7, 11) is 1.31. The van der Waals surface area contributed by atoms with Gasteiger partial charge in [-0.05, 0) is 42.8 Å². The van der Waals surface area contributed by atoms with Crippen molar-refractivity contribution in [3.8, 4) is 22.8 Å². The summed E-state index contributed by atoms with van der Waals surface area (Å²) in [6.07, 6.45) is 2.13. The lowest BCUT2D eigenvalue weighted by molar-refractivity contribution is -0.142. The molecule has 8 nitrogen and oxygen atoms in total. The molecule has 0 fully saturated rings. The van der Waals surface area contributed by atoms with E-state index in [1.54, 1.807) is 13.0 Å². The molecule has 1 aliphatic heterocycles. The molecular weight excluding hydrogens is 436 g/mol. The van der Waals surface area contributed by atoms with E-state index < -0.39 is 17.9 Å². The van der Waals surface area contributed by atoms with Crippen LogP contribution in [-0.4, -0.2) is 43.2 Å². The molecule has 34 heavy (non-hydrogen) atoms. The Balaban J connectivity index is 1.37. The zero-order chi connectivity index (χ0) is 23.7.